The Morgan fingerprint density at radius 3 is 2.65 bits per heavy atom. The normalized spacial score (nSPS) is 10.6. The van der Waals surface area contributed by atoms with Crippen molar-refractivity contribution in [3.8, 4) is 23.0 Å². The van der Waals surface area contributed by atoms with Crippen molar-refractivity contribution in [3.05, 3.63) is 60.0 Å². The Balaban J connectivity index is 1.73. The average molecular weight is 318 g/mol. The summed E-state index contributed by atoms with van der Waals surface area (Å²) in [7, 11) is 1.54. The number of nitrogens with zero attached hydrogens (tertiary/aromatic N) is 2. The summed E-state index contributed by atoms with van der Waals surface area (Å²) in [6, 6.07) is 10.5. The van der Waals surface area contributed by atoms with Gasteiger partial charge in [-0.1, -0.05) is 12.1 Å². The molecular weight excluding hydrogens is 306 g/mol. The smallest absolute Gasteiger partial charge is 0.254 e. The van der Waals surface area contributed by atoms with Gasteiger partial charge in [0.15, 0.2) is 18.2 Å². The third-order valence-electron chi connectivity index (χ3n) is 3.06. The fraction of sp³-hybridized carbons (Fsp3) is 0.125. The van der Waals surface area contributed by atoms with Crippen molar-refractivity contribution in [2.75, 3.05) is 7.11 Å². The summed E-state index contributed by atoms with van der Waals surface area (Å²) in [5.74, 6) is -0.663. The van der Waals surface area contributed by atoms with Crippen LogP contribution in [0.25, 0.3) is 11.5 Å². The Bertz CT molecular complexity index is 821. The zero-order valence-corrected chi connectivity index (χ0v) is 12.1. The van der Waals surface area contributed by atoms with E-state index in [0.29, 0.717) is 11.3 Å². The highest BCUT2D eigenvalue weighted by Crippen LogP contribution is 2.28. The van der Waals surface area contributed by atoms with Crippen LogP contribution in [0.2, 0.25) is 0 Å². The molecule has 3 aromatic rings. The van der Waals surface area contributed by atoms with Gasteiger partial charge in [0, 0.05) is 6.07 Å². The van der Waals surface area contributed by atoms with Crippen molar-refractivity contribution in [3.63, 3.8) is 0 Å². The van der Waals surface area contributed by atoms with E-state index in [1.54, 1.807) is 19.2 Å². The predicted molar refractivity (Wildman–Crippen MR) is 77.0 cm³/mol. The van der Waals surface area contributed by atoms with Gasteiger partial charge in [-0.15, -0.1) is 10.2 Å². The molecule has 23 heavy (non-hydrogen) atoms. The summed E-state index contributed by atoms with van der Waals surface area (Å²) < 4.78 is 42.0. The Morgan fingerprint density at radius 1 is 1.04 bits per heavy atom. The molecule has 0 aliphatic carbocycles. The molecule has 1 heterocycles. The highest BCUT2D eigenvalue weighted by atomic mass is 19.2. The highest BCUT2D eigenvalue weighted by molar-refractivity contribution is 5.62. The van der Waals surface area contributed by atoms with Gasteiger partial charge in [0.25, 0.3) is 11.8 Å². The van der Waals surface area contributed by atoms with E-state index in [0.717, 1.165) is 12.1 Å². The minimum Gasteiger partial charge on any atom is -0.496 e. The Labute approximate surface area is 130 Å². The molecule has 0 radical (unpaired) electrons. The molecule has 0 saturated carbocycles. The lowest BCUT2D eigenvalue weighted by Crippen LogP contribution is -1.96. The molecule has 3 rings (SSSR count). The summed E-state index contributed by atoms with van der Waals surface area (Å²) in [6.07, 6.45) is 0. The fourth-order valence-corrected chi connectivity index (χ4v) is 1.95. The van der Waals surface area contributed by atoms with Crippen molar-refractivity contribution in [1.82, 2.24) is 10.2 Å². The van der Waals surface area contributed by atoms with Gasteiger partial charge in [0.05, 0.1) is 12.7 Å². The van der Waals surface area contributed by atoms with Gasteiger partial charge in [-0.25, -0.2) is 8.78 Å². The molecule has 0 N–H and O–H groups in total. The lowest BCUT2D eigenvalue weighted by molar-refractivity contribution is 0.262. The lowest BCUT2D eigenvalue weighted by atomic mass is 10.2. The van der Waals surface area contributed by atoms with Gasteiger partial charge in [0.2, 0.25) is 0 Å². The maximum Gasteiger partial charge on any atom is 0.254 e. The first-order chi connectivity index (χ1) is 11.2. The first-order valence-electron chi connectivity index (χ1n) is 6.71. The largest absolute Gasteiger partial charge is 0.496 e. The number of rotatable bonds is 5. The molecule has 0 saturated heterocycles. The molecule has 2 aromatic carbocycles. The molecule has 7 heteroatoms. The van der Waals surface area contributed by atoms with Crippen LogP contribution >= 0.6 is 0 Å². The molecule has 1 aromatic heterocycles. The number of aromatic nitrogens is 2. The van der Waals surface area contributed by atoms with E-state index in [9.17, 15) is 8.78 Å². The van der Waals surface area contributed by atoms with Crippen LogP contribution < -0.4 is 9.47 Å². The van der Waals surface area contributed by atoms with Gasteiger partial charge in [-0.05, 0) is 24.3 Å². The number of benzene rings is 2. The van der Waals surface area contributed by atoms with Gasteiger partial charge >= 0.3 is 0 Å². The number of hydrogen-bond donors (Lipinski definition) is 0. The van der Waals surface area contributed by atoms with Crippen molar-refractivity contribution in [1.29, 1.82) is 0 Å². The second-order valence-corrected chi connectivity index (χ2v) is 4.57. The van der Waals surface area contributed by atoms with E-state index in [1.807, 2.05) is 12.1 Å². The maximum absolute atomic E-state index is 13.1. The van der Waals surface area contributed by atoms with E-state index in [4.69, 9.17) is 13.9 Å². The summed E-state index contributed by atoms with van der Waals surface area (Å²) >= 11 is 0. The van der Waals surface area contributed by atoms with Crippen LogP contribution in [0.1, 0.15) is 5.89 Å². The number of para-hydroxylation sites is 1. The summed E-state index contributed by atoms with van der Waals surface area (Å²) in [5, 5.41) is 7.79. The summed E-state index contributed by atoms with van der Waals surface area (Å²) in [5.41, 5.74) is 0.654. The molecular formula is C16H12F2N2O3. The standard InChI is InChI=1S/C16H12F2N2O3/c1-21-14-5-3-2-4-11(14)16-20-19-15(23-16)9-22-10-6-7-12(17)13(18)8-10/h2-8H,9H2,1H3. The molecule has 0 aliphatic heterocycles. The topological polar surface area (TPSA) is 57.4 Å². The van der Waals surface area contributed by atoms with E-state index >= 15 is 0 Å². The quantitative estimate of drug-likeness (QED) is 0.719. The molecule has 0 aliphatic rings. The van der Waals surface area contributed by atoms with Crippen LogP contribution in [0.5, 0.6) is 11.5 Å². The number of methoxy groups -OCH3 is 1. The zero-order chi connectivity index (χ0) is 16.2. The SMILES string of the molecule is COc1ccccc1-c1nnc(COc2ccc(F)c(F)c2)o1. The third kappa shape index (κ3) is 3.28. The monoisotopic (exact) mass is 318 g/mol. The van der Waals surface area contributed by atoms with E-state index < -0.39 is 11.6 Å². The van der Waals surface area contributed by atoms with Crippen molar-refractivity contribution >= 4 is 0 Å². The van der Waals surface area contributed by atoms with Crippen molar-refractivity contribution < 1.29 is 22.7 Å². The Morgan fingerprint density at radius 2 is 1.87 bits per heavy atom. The number of ether oxygens (including phenoxy) is 2. The third-order valence-corrected chi connectivity index (χ3v) is 3.06. The van der Waals surface area contributed by atoms with Crippen LogP contribution in [0.4, 0.5) is 8.78 Å². The molecule has 0 fully saturated rings. The first kappa shape index (κ1) is 15.0. The lowest BCUT2D eigenvalue weighted by Gasteiger charge is -2.04. The predicted octanol–water partition coefficient (Wildman–Crippen LogP) is 3.60. The van der Waals surface area contributed by atoms with Crippen molar-refractivity contribution in [2.45, 2.75) is 6.61 Å². The van der Waals surface area contributed by atoms with E-state index in [2.05, 4.69) is 10.2 Å². The van der Waals surface area contributed by atoms with Crippen LogP contribution in [0.3, 0.4) is 0 Å². The van der Waals surface area contributed by atoms with Gasteiger partial charge in [-0.3, -0.25) is 0 Å². The zero-order valence-electron chi connectivity index (χ0n) is 12.1. The van der Waals surface area contributed by atoms with Crippen LogP contribution in [0.15, 0.2) is 46.9 Å². The van der Waals surface area contributed by atoms with Crippen molar-refractivity contribution in [2.24, 2.45) is 0 Å². The molecule has 0 bridgehead atoms. The minimum absolute atomic E-state index is 0.0623. The summed E-state index contributed by atoms with van der Waals surface area (Å²) in [6.45, 7) is -0.0623. The maximum atomic E-state index is 13.1. The second-order valence-electron chi connectivity index (χ2n) is 4.57. The van der Waals surface area contributed by atoms with Crippen LogP contribution in [0, 0.1) is 11.6 Å². The second kappa shape index (κ2) is 6.43. The highest BCUT2D eigenvalue weighted by Gasteiger charge is 2.13. The van der Waals surface area contributed by atoms with Crippen LogP contribution in [-0.2, 0) is 6.61 Å². The van der Waals surface area contributed by atoms with Crippen LogP contribution in [-0.4, -0.2) is 17.3 Å². The average Bonchev–Trinajstić information content (AvgIpc) is 3.04. The van der Waals surface area contributed by atoms with Gasteiger partial charge in [0.1, 0.15) is 11.5 Å². The molecule has 118 valence electrons. The number of hydrogen-bond acceptors (Lipinski definition) is 5. The van der Waals surface area contributed by atoms with Gasteiger partial charge in [-0.2, -0.15) is 0 Å². The first-order valence-corrected chi connectivity index (χ1v) is 6.71. The summed E-state index contributed by atoms with van der Waals surface area (Å²) in [4.78, 5) is 0. The minimum atomic E-state index is -0.984. The Hall–Kier alpha value is -2.96. The van der Waals surface area contributed by atoms with E-state index in [1.165, 1.54) is 6.07 Å². The van der Waals surface area contributed by atoms with Gasteiger partial charge < -0.3 is 13.9 Å². The molecule has 5 nitrogen and oxygen atoms in total. The molecule has 0 amide bonds. The molecule has 0 unspecified atom stereocenters. The molecule has 0 spiro atoms. The Kier molecular flexibility index (Phi) is 4.18. The van der Waals surface area contributed by atoms with E-state index in [-0.39, 0.29) is 24.1 Å². The fourth-order valence-electron chi connectivity index (χ4n) is 1.95. The molecule has 0 atom stereocenters. The number of halogens is 2.